The van der Waals surface area contributed by atoms with E-state index in [2.05, 4.69) is 5.32 Å². The summed E-state index contributed by atoms with van der Waals surface area (Å²) in [7, 11) is 1.43. The van der Waals surface area contributed by atoms with Crippen LogP contribution in [0.1, 0.15) is 41.3 Å². The van der Waals surface area contributed by atoms with Gasteiger partial charge in [-0.15, -0.1) is 0 Å². The molecule has 9 nitrogen and oxygen atoms in total. The number of aliphatic hydroxyl groups excluding tert-OH is 2. The van der Waals surface area contributed by atoms with Crippen LogP contribution in [0.3, 0.4) is 0 Å². The molecule has 2 amide bonds. The monoisotopic (exact) mass is 576 g/mol. The molecule has 0 bridgehead atoms. The fourth-order valence-electron chi connectivity index (χ4n) is 5.05. The molecule has 2 aliphatic rings. The van der Waals surface area contributed by atoms with Crippen molar-refractivity contribution in [2.45, 2.75) is 44.6 Å². The lowest BCUT2D eigenvalue weighted by Gasteiger charge is -2.41. The fourth-order valence-corrected chi connectivity index (χ4v) is 5.52. The summed E-state index contributed by atoms with van der Waals surface area (Å²) in [6.07, 6.45) is -0.00761. The number of hydrogen-bond acceptors (Lipinski definition) is 7. The summed E-state index contributed by atoms with van der Waals surface area (Å²) in [5.74, 6) is -1.37. The second-order valence-corrected chi connectivity index (χ2v) is 10.6. The molecule has 208 valence electrons. The predicted octanol–water partition coefficient (Wildman–Crippen LogP) is 3.12. The van der Waals surface area contributed by atoms with Gasteiger partial charge in [0.15, 0.2) is 11.5 Å². The number of benzene rings is 2. The highest BCUT2D eigenvalue weighted by Crippen LogP contribution is 2.51. The summed E-state index contributed by atoms with van der Waals surface area (Å²) in [5.41, 5.74) is 1.66. The lowest BCUT2D eigenvalue weighted by molar-refractivity contribution is -0.141. The van der Waals surface area contributed by atoms with E-state index in [4.69, 9.17) is 32.7 Å². The third kappa shape index (κ3) is 5.63. The van der Waals surface area contributed by atoms with Gasteiger partial charge in [0.25, 0.3) is 0 Å². The van der Waals surface area contributed by atoms with Crippen LogP contribution >= 0.6 is 23.2 Å². The average Bonchev–Trinajstić information content (AvgIpc) is 3.31. The maximum Gasteiger partial charge on any atom is 0.247 e. The summed E-state index contributed by atoms with van der Waals surface area (Å²) >= 11 is 12.5. The van der Waals surface area contributed by atoms with Gasteiger partial charge in [-0.2, -0.15) is 0 Å². The van der Waals surface area contributed by atoms with Gasteiger partial charge in [0, 0.05) is 45.8 Å². The van der Waals surface area contributed by atoms with Crippen LogP contribution in [0.5, 0.6) is 11.5 Å². The number of carbonyl (C=O) groups is 3. The molecule has 0 fully saturated rings. The maximum atomic E-state index is 13.5. The first-order valence-electron chi connectivity index (χ1n) is 12.5. The molecular weight excluding hydrogens is 547 g/mol. The third-order valence-corrected chi connectivity index (χ3v) is 7.49. The molecule has 2 aromatic rings. The molecule has 0 spiro atoms. The van der Waals surface area contributed by atoms with Crippen molar-refractivity contribution < 1.29 is 34.1 Å². The number of carbonyl (C=O) groups excluding carboxylic acids is 3. The van der Waals surface area contributed by atoms with Crippen molar-refractivity contribution in [1.82, 2.24) is 10.2 Å². The zero-order valence-electron chi connectivity index (χ0n) is 21.7. The van der Waals surface area contributed by atoms with Crippen LogP contribution in [0.25, 0.3) is 0 Å². The number of nitrogens with zero attached hydrogens (tertiary/aromatic N) is 1. The van der Waals surface area contributed by atoms with Gasteiger partial charge in [-0.1, -0.05) is 43.1 Å². The smallest absolute Gasteiger partial charge is 0.247 e. The lowest BCUT2D eigenvalue weighted by Crippen LogP contribution is -2.56. The van der Waals surface area contributed by atoms with Gasteiger partial charge in [0.05, 0.1) is 25.7 Å². The second kappa shape index (κ2) is 12.0. The van der Waals surface area contributed by atoms with Crippen molar-refractivity contribution >= 4 is 41.3 Å². The van der Waals surface area contributed by atoms with Crippen LogP contribution in [0.4, 0.5) is 0 Å². The second-order valence-electron chi connectivity index (χ2n) is 9.76. The van der Waals surface area contributed by atoms with Gasteiger partial charge in [-0.05, 0) is 35.9 Å². The van der Waals surface area contributed by atoms with Gasteiger partial charge < -0.3 is 29.9 Å². The van der Waals surface area contributed by atoms with Crippen LogP contribution in [0, 0.1) is 5.92 Å². The normalized spacial score (nSPS) is 21.4. The first-order valence-corrected chi connectivity index (χ1v) is 13.2. The molecular formula is C28H30Cl2N2O7. The van der Waals surface area contributed by atoms with E-state index in [1.807, 2.05) is 0 Å². The Labute approximate surface area is 236 Å². The lowest BCUT2D eigenvalue weighted by atomic mass is 9.77. The van der Waals surface area contributed by atoms with Crippen molar-refractivity contribution in [3.63, 3.8) is 0 Å². The van der Waals surface area contributed by atoms with Gasteiger partial charge in [0.1, 0.15) is 18.5 Å². The Morgan fingerprint density at radius 3 is 2.59 bits per heavy atom. The summed E-state index contributed by atoms with van der Waals surface area (Å²) in [5, 5.41) is 24.4. The zero-order valence-corrected chi connectivity index (χ0v) is 23.2. The van der Waals surface area contributed by atoms with E-state index in [0.29, 0.717) is 38.8 Å². The van der Waals surface area contributed by atoms with Crippen molar-refractivity contribution in [1.29, 1.82) is 0 Å². The van der Waals surface area contributed by atoms with Gasteiger partial charge >= 0.3 is 0 Å². The summed E-state index contributed by atoms with van der Waals surface area (Å²) in [6.45, 7) is 3.25. The number of nitrogens with one attached hydrogen (secondary N) is 1. The molecule has 2 aromatic carbocycles. The number of ether oxygens (including phenoxy) is 2. The Morgan fingerprint density at radius 1 is 1.23 bits per heavy atom. The standard InChI is InChI=1S/C28H30Cl2N2O7/c1-14(2)28(37)32(12-16-4-5-17(29)10-20(16)30)21-11-19(27(36)31-6-7-33)23-18-8-15(13-34)9-22(38-3)25(18)39-26(23)24(21)35/h4-5,8-11,13-14,21,23-24,26,33,35H,6-7,12H2,1-3H3,(H,31,36)/t21-,23+,24+,26+/m1/s1. The minimum Gasteiger partial charge on any atom is -0.493 e. The molecule has 1 aliphatic heterocycles. The molecule has 0 saturated carbocycles. The molecule has 0 saturated heterocycles. The van der Waals surface area contributed by atoms with E-state index in [1.165, 1.54) is 18.1 Å². The SMILES string of the molecule is COc1cc(C=O)cc2c1O[C@@H]1[C@@H](O)[C@H](N(Cc3ccc(Cl)cc3Cl)C(=O)C(C)C)C=C(C(=O)NCCO)[C@H]21. The number of rotatable bonds is 9. The van der Waals surface area contributed by atoms with Crippen LogP contribution < -0.4 is 14.8 Å². The van der Waals surface area contributed by atoms with Crippen molar-refractivity contribution in [2.24, 2.45) is 5.92 Å². The molecule has 3 N–H and O–H groups in total. The highest BCUT2D eigenvalue weighted by Gasteiger charge is 2.51. The summed E-state index contributed by atoms with van der Waals surface area (Å²) in [6, 6.07) is 7.08. The van der Waals surface area contributed by atoms with Crippen LogP contribution in [-0.4, -0.2) is 71.7 Å². The average molecular weight is 577 g/mol. The maximum absolute atomic E-state index is 13.5. The number of aldehydes is 1. The minimum atomic E-state index is -1.25. The van der Waals surface area contributed by atoms with E-state index < -0.39 is 36.0 Å². The number of methoxy groups -OCH3 is 1. The fraction of sp³-hybridized carbons (Fsp3) is 0.393. The number of halogens is 2. The van der Waals surface area contributed by atoms with Crippen LogP contribution in [-0.2, 0) is 16.1 Å². The molecule has 4 rings (SSSR count). The largest absolute Gasteiger partial charge is 0.493 e. The highest BCUT2D eigenvalue weighted by atomic mass is 35.5. The van der Waals surface area contributed by atoms with E-state index in [1.54, 1.807) is 44.2 Å². The van der Waals surface area contributed by atoms with Crippen molar-refractivity contribution in [3.8, 4) is 11.5 Å². The first kappa shape index (κ1) is 28.9. The quantitative estimate of drug-likeness (QED) is 0.391. The number of fused-ring (bicyclic) bond motifs is 3. The molecule has 11 heteroatoms. The molecule has 0 unspecified atom stereocenters. The molecule has 1 aliphatic carbocycles. The van der Waals surface area contributed by atoms with Gasteiger partial charge in [0.2, 0.25) is 11.8 Å². The molecule has 39 heavy (non-hydrogen) atoms. The molecule has 4 atom stereocenters. The zero-order chi connectivity index (χ0) is 28.4. The van der Waals surface area contributed by atoms with E-state index in [0.717, 1.165) is 0 Å². The summed E-state index contributed by atoms with van der Waals surface area (Å²) < 4.78 is 11.6. The Morgan fingerprint density at radius 2 is 1.97 bits per heavy atom. The third-order valence-electron chi connectivity index (χ3n) is 6.90. The molecule has 0 radical (unpaired) electrons. The van der Waals surface area contributed by atoms with Crippen LogP contribution in [0.2, 0.25) is 10.0 Å². The Balaban J connectivity index is 1.84. The van der Waals surface area contributed by atoms with Gasteiger partial charge in [-0.3, -0.25) is 14.4 Å². The number of aliphatic hydroxyl groups is 2. The van der Waals surface area contributed by atoms with Crippen LogP contribution in [0.15, 0.2) is 42.0 Å². The Hall–Kier alpha value is -3.11. The van der Waals surface area contributed by atoms with Gasteiger partial charge in [-0.25, -0.2) is 0 Å². The van der Waals surface area contributed by atoms with E-state index >= 15 is 0 Å². The Kier molecular flexibility index (Phi) is 8.86. The molecule has 0 aromatic heterocycles. The van der Waals surface area contributed by atoms with E-state index in [9.17, 15) is 24.6 Å². The Bertz CT molecular complexity index is 1310. The highest BCUT2D eigenvalue weighted by molar-refractivity contribution is 6.35. The minimum absolute atomic E-state index is 0.00121. The predicted molar refractivity (Wildman–Crippen MR) is 145 cm³/mol. The van der Waals surface area contributed by atoms with Crippen molar-refractivity contribution in [3.05, 3.63) is 68.7 Å². The number of hydrogen-bond donors (Lipinski definition) is 3. The molecule has 1 heterocycles. The van der Waals surface area contributed by atoms with Crippen molar-refractivity contribution in [2.75, 3.05) is 20.3 Å². The summed E-state index contributed by atoms with van der Waals surface area (Å²) in [4.78, 5) is 40.0. The topological polar surface area (TPSA) is 125 Å². The first-order chi connectivity index (χ1) is 18.6. The number of amides is 2. The van der Waals surface area contributed by atoms with E-state index in [-0.39, 0.29) is 36.9 Å².